The molecule has 0 atom stereocenters. The van der Waals surface area contributed by atoms with Crippen molar-refractivity contribution in [3.8, 4) is 0 Å². The van der Waals surface area contributed by atoms with Crippen LogP contribution in [0.2, 0.25) is 0 Å². The average molecular weight is 270 g/mol. The summed E-state index contributed by atoms with van der Waals surface area (Å²) in [5.74, 6) is -0.833. The molecule has 1 N–H and O–H groups in total. The molecule has 1 amide bonds. The quantitative estimate of drug-likeness (QED) is 0.837. The van der Waals surface area contributed by atoms with Gasteiger partial charge in [0.05, 0.1) is 5.56 Å². The first kappa shape index (κ1) is 13.7. The molecule has 1 aromatic carbocycles. The molecule has 5 heteroatoms. The number of amides is 1. The molecular weight excluding hydrogens is 256 g/mol. The molecule has 0 aliphatic carbocycles. The summed E-state index contributed by atoms with van der Waals surface area (Å²) in [7, 11) is 0. The van der Waals surface area contributed by atoms with Crippen LogP contribution in [-0.4, -0.2) is 23.4 Å². The molecule has 102 valence electrons. The second-order valence-corrected chi connectivity index (χ2v) is 4.07. The summed E-state index contributed by atoms with van der Waals surface area (Å²) in [5, 5.41) is 2.48. The fourth-order valence-electron chi connectivity index (χ4n) is 1.54. The van der Waals surface area contributed by atoms with Gasteiger partial charge in [-0.15, -0.1) is 0 Å². The van der Waals surface area contributed by atoms with Gasteiger partial charge in [0, 0.05) is 12.4 Å². The summed E-state index contributed by atoms with van der Waals surface area (Å²) in [6.07, 6.45) is 3.01. The molecule has 5 nitrogen and oxygen atoms in total. The second kappa shape index (κ2) is 7.04. The van der Waals surface area contributed by atoms with Crippen LogP contribution in [-0.2, 0) is 16.1 Å². The third-order valence-corrected chi connectivity index (χ3v) is 2.56. The zero-order chi connectivity index (χ0) is 14.2. The Morgan fingerprint density at radius 3 is 2.60 bits per heavy atom. The van der Waals surface area contributed by atoms with Crippen molar-refractivity contribution in [3.63, 3.8) is 0 Å². The highest BCUT2D eigenvalue weighted by Crippen LogP contribution is 2.00. The number of esters is 1. The number of nitrogens with zero attached hydrogens (tertiary/aromatic N) is 1. The van der Waals surface area contributed by atoms with E-state index in [9.17, 15) is 9.59 Å². The Morgan fingerprint density at radius 1 is 1.10 bits per heavy atom. The van der Waals surface area contributed by atoms with Crippen LogP contribution in [0.4, 0.5) is 0 Å². The minimum Gasteiger partial charge on any atom is -0.460 e. The third kappa shape index (κ3) is 4.20. The summed E-state index contributed by atoms with van der Waals surface area (Å²) < 4.78 is 5.05. The predicted octanol–water partition coefficient (Wildman–Crippen LogP) is 1.55. The number of carbonyl (C=O) groups is 2. The number of benzene rings is 1. The highest BCUT2D eigenvalue weighted by molar-refractivity contribution is 5.95. The topological polar surface area (TPSA) is 68.3 Å². The monoisotopic (exact) mass is 270 g/mol. The van der Waals surface area contributed by atoms with Crippen molar-refractivity contribution in [2.75, 3.05) is 6.54 Å². The van der Waals surface area contributed by atoms with Gasteiger partial charge in [-0.3, -0.25) is 14.6 Å². The first-order chi connectivity index (χ1) is 9.75. The Labute approximate surface area is 116 Å². The number of carbonyl (C=O) groups excluding carboxylic acids is 2. The Kier molecular flexibility index (Phi) is 4.83. The van der Waals surface area contributed by atoms with Crippen molar-refractivity contribution in [3.05, 3.63) is 66.0 Å². The molecule has 0 saturated carbocycles. The van der Waals surface area contributed by atoms with Crippen LogP contribution in [0.5, 0.6) is 0 Å². The van der Waals surface area contributed by atoms with Crippen molar-refractivity contribution in [1.82, 2.24) is 10.3 Å². The minimum atomic E-state index is -0.480. The summed E-state index contributed by atoms with van der Waals surface area (Å²) >= 11 is 0. The van der Waals surface area contributed by atoms with Crippen molar-refractivity contribution >= 4 is 11.9 Å². The maximum Gasteiger partial charge on any atom is 0.325 e. The van der Waals surface area contributed by atoms with Gasteiger partial charge in [0.25, 0.3) is 5.91 Å². The van der Waals surface area contributed by atoms with E-state index in [0.717, 1.165) is 5.56 Å². The lowest BCUT2D eigenvalue weighted by Crippen LogP contribution is -2.30. The van der Waals surface area contributed by atoms with Gasteiger partial charge in [-0.2, -0.15) is 0 Å². The molecule has 0 aliphatic rings. The Morgan fingerprint density at radius 2 is 1.90 bits per heavy atom. The number of hydrogen-bond acceptors (Lipinski definition) is 4. The van der Waals surface area contributed by atoms with E-state index in [1.165, 1.54) is 6.20 Å². The average Bonchev–Trinajstić information content (AvgIpc) is 2.52. The highest BCUT2D eigenvalue weighted by Gasteiger charge is 2.08. The van der Waals surface area contributed by atoms with Crippen LogP contribution >= 0.6 is 0 Å². The standard InChI is InChI=1S/C15H14N2O3/c18-14(20-11-12-5-2-1-3-6-12)10-17-15(19)13-7-4-8-16-9-13/h1-9H,10-11H2,(H,17,19). The van der Waals surface area contributed by atoms with Crippen LogP contribution in [0.25, 0.3) is 0 Å². The van der Waals surface area contributed by atoms with Crippen LogP contribution in [0.15, 0.2) is 54.9 Å². The molecular formula is C15H14N2O3. The molecule has 1 heterocycles. The second-order valence-electron chi connectivity index (χ2n) is 4.07. The van der Waals surface area contributed by atoms with E-state index in [1.807, 2.05) is 30.3 Å². The molecule has 0 aliphatic heterocycles. The lowest BCUT2D eigenvalue weighted by atomic mass is 10.2. The molecule has 0 radical (unpaired) electrons. The molecule has 0 bridgehead atoms. The number of hydrogen-bond donors (Lipinski definition) is 1. The largest absolute Gasteiger partial charge is 0.460 e. The molecule has 20 heavy (non-hydrogen) atoms. The number of rotatable bonds is 5. The van der Waals surface area contributed by atoms with E-state index in [2.05, 4.69) is 10.3 Å². The van der Waals surface area contributed by atoms with Gasteiger partial charge in [0.2, 0.25) is 0 Å². The zero-order valence-corrected chi connectivity index (χ0v) is 10.8. The number of aromatic nitrogens is 1. The van der Waals surface area contributed by atoms with Crippen LogP contribution < -0.4 is 5.32 Å². The van der Waals surface area contributed by atoms with Gasteiger partial charge < -0.3 is 10.1 Å². The van der Waals surface area contributed by atoms with E-state index in [1.54, 1.807) is 18.3 Å². The molecule has 2 aromatic rings. The van der Waals surface area contributed by atoms with Crippen molar-refractivity contribution in [1.29, 1.82) is 0 Å². The Balaban J connectivity index is 1.74. The van der Waals surface area contributed by atoms with Crippen molar-refractivity contribution in [2.24, 2.45) is 0 Å². The molecule has 0 fully saturated rings. The lowest BCUT2D eigenvalue weighted by molar-refractivity contribution is -0.143. The van der Waals surface area contributed by atoms with Crippen molar-refractivity contribution in [2.45, 2.75) is 6.61 Å². The van der Waals surface area contributed by atoms with Gasteiger partial charge >= 0.3 is 5.97 Å². The normalized spacial score (nSPS) is 9.80. The van der Waals surface area contributed by atoms with Crippen molar-refractivity contribution < 1.29 is 14.3 Å². The number of pyridine rings is 1. The highest BCUT2D eigenvalue weighted by atomic mass is 16.5. The SMILES string of the molecule is O=C(CNC(=O)c1cccnc1)OCc1ccccc1. The summed E-state index contributed by atoms with van der Waals surface area (Å²) in [6, 6.07) is 12.6. The summed E-state index contributed by atoms with van der Waals surface area (Å²) in [6.45, 7) is 0.0308. The van der Waals surface area contributed by atoms with Gasteiger partial charge in [-0.25, -0.2) is 0 Å². The molecule has 0 spiro atoms. The van der Waals surface area contributed by atoms with Gasteiger partial charge in [-0.1, -0.05) is 30.3 Å². The first-order valence-corrected chi connectivity index (χ1v) is 6.13. The smallest absolute Gasteiger partial charge is 0.325 e. The third-order valence-electron chi connectivity index (χ3n) is 2.56. The van der Waals surface area contributed by atoms with E-state index in [-0.39, 0.29) is 19.1 Å². The van der Waals surface area contributed by atoms with E-state index in [0.29, 0.717) is 5.56 Å². The number of ether oxygens (including phenoxy) is 1. The molecule has 0 unspecified atom stereocenters. The summed E-state index contributed by atoms with van der Waals surface area (Å²) in [4.78, 5) is 27.0. The maximum atomic E-state index is 11.7. The zero-order valence-electron chi connectivity index (χ0n) is 10.8. The van der Waals surface area contributed by atoms with E-state index in [4.69, 9.17) is 4.74 Å². The summed E-state index contributed by atoms with van der Waals surface area (Å²) in [5.41, 5.74) is 1.31. The van der Waals surface area contributed by atoms with Crippen LogP contribution in [0.1, 0.15) is 15.9 Å². The van der Waals surface area contributed by atoms with Gasteiger partial charge in [-0.05, 0) is 17.7 Å². The molecule has 1 aromatic heterocycles. The number of nitrogens with one attached hydrogen (secondary N) is 1. The van der Waals surface area contributed by atoms with Crippen LogP contribution in [0, 0.1) is 0 Å². The Bertz CT molecular complexity index is 570. The maximum absolute atomic E-state index is 11.7. The van der Waals surface area contributed by atoms with Gasteiger partial charge in [0.1, 0.15) is 13.2 Å². The molecule has 0 saturated heterocycles. The fraction of sp³-hybridized carbons (Fsp3) is 0.133. The predicted molar refractivity (Wildman–Crippen MR) is 72.8 cm³/mol. The Hall–Kier alpha value is -2.69. The fourth-order valence-corrected chi connectivity index (χ4v) is 1.54. The van der Waals surface area contributed by atoms with Gasteiger partial charge in [0.15, 0.2) is 0 Å². The first-order valence-electron chi connectivity index (χ1n) is 6.13. The lowest BCUT2D eigenvalue weighted by Gasteiger charge is -2.06. The molecule has 2 rings (SSSR count). The van der Waals surface area contributed by atoms with Crippen LogP contribution in [0.3, 0.4) is 0 Å². The van der Waals surface area contributed by atoms with E-state index >= 15 is 0 Å². The minimum absolute atomic E-state index is 0.166. The van der Waals surface area contributed by atoms with E-state index < -0.39 is 5.97 Å².